The molecule has 9 heteroatoms. The van der Waals surface area contributed by atoms with Gasteiger partial charge in [-0.1, -0.05) is 51.3 Å². The van der Waals surface area contributed by atoms with Gasteiger partial charge in [-0.15, -0.1) is 11.3 Å². The Morgan fingerprint density at radius 3 is 2.48 bits per heavy atom. The molecule has 0 bridgehead atoms. The van der Waals surface area contributed by atoms with E-state index in [0.29, 0.717) is 24.3 Å². The Morgan fingerprint density at radius 2 is 1.77 bits per heavy atom. The number of thiophene rings is 1. The van der Waals surface area contributed by atoms with E-state index < -0.39 is 35.5 Å². The predicted octanol–water partition coefficient (Wildman–Crippen LogP) is 4.56. The second-order valence-corrected chi connectivity index (χ2v) is 12.8. The van der Waals surface area contributed by atoms with Crippen LogP contribution in [0, 0.1) is 17.8 Å². The highest BCUT2D eigenvalue weighted by Gasteiger charge is 2.36. The van der Waals surface area contributed by atoms with Crippen LogP contribution in [0.2, 0.25) is 0 Å². The maximum Gasteiger partial charge on any atom is 0.289 e. The first-order valence-electron chi connectivity index (χ1n) is 14.7. The van der Waals surface area contributed by atoms with E-state index in [1.54, 1.807) is 0 Å². The van der Waals surface area contributed by atoms with Crippen molar-refractivity contribution in [2.24, 2.45) is 17.8 Å². The second-order valence-electron chi connectivity index (χ2n) is 11.7. The van der Waals surface area contributed by atoms with E-state index in [9.17, 15) is 24.0 Å². The van der Waals surface area contributed by atoms with Crippen molar-refractivity contribution in [3.8, 4) is 0 Å². The Hall–Kier alpha value is -3.07. The number of benzene rings is 1. The van der Waals surface area contributed by atoms with Crippen molar-refractivity contribution in [3.63, 3.8) is 0 Å². The molecule has 216 valence electrons. The quantitative estimate of drug-likeness (QED) is 0.257. The molecular weight excluding hydrogens is 526 g/mol. The van der Waals surface area contributed by atoms with Gasteiger partial charge in [0.2, 0.25) is 17.6 Å². The summed E-state index contributed by atoms with van der Waals surface area (Å²) >= 11 is 1.41. The largest absolute Gasteiger partial charge is 0.356 e. The molecule has 0 unspecified atom stereocenters. The Balaban J connectivity index is 1.49. The van der Waals surface area contributed by atoms with Crippen LogP contribution in [-0.2, 0) is 19.2 Å². The Morgan fingerprint density at radius 1 is 1.02 bits per heavy atom. The van der Waals surface area contributed by atoms with Gasteiger partial charge in [-0.2, -0.15) is 0 Å². The van der Waals surface area contributed by atoms with Crippen LogP contribution in [0.15, 0.2) is 30.3 Å². The molecule has 2 aromatic rings. The minimum absolute atomic E-state index is 0.00985. The minimum Gasteiger partial charge on any atom is -0.356 e. The first kappa shape index (κ1) is 29.9. The smallest absolute Gasteiger partial charge is 0.289 e. The number of piperidine rings is 1. The molecule has 1 aromatic heterocycles. The van der Waals surface area contributed by atoms with Crippen molar-refractivity contribution in [1.82, 2.24) is 16.0 Å². The van der Waals surface area contributed by atoms with Crippen LogP contribution in [0.1, 0.15) is 87.7 Å². The molecule has 2 aliphatic rings. The molecular formula is C31H41N3O5S. The van der Waals surface area contributed by atoms with E-state index in [1.807, 2.05) is 44.2 Å². The number of amides is 3. The molecule has 4 rings (SSSR count). The van der Waals surface area contributed by atoms with Gasteiger partial charge < -0.3 is 16.0 Å². The fourth-order valence-electron chi connectivity index (χ4n) is 5.82. The van der Waals surface area contributed by atoms with Crippen molar-refractivity contribution in [2.75, 3.05) is 6.54 Å². The zero-order chi connectivity index (χ0) is 28.6. The standard InChI is InChI=1S/C31H41N3O5S/c1-19(2)15-22(17-25(35)27-18-20-9-6-7-13-26(20)40-27)30(38)34-24(16-21-10-8-14-32-29(21)37)28(36)31(39)33-23-11-4-3-5-12-23/h6-7,9,13,18-19,21-24H,3-5,8,10-12,14-17H2,1-2H3,(H,32,37)(H,33,39)(H,34,38)/t21-,22+,24-/m0/s1. The highest BCUT2D eigenvalue weighted by Crippen LogP contribution is 2.28. The summed E-state index contributed by atoms with van der Waals surface area (Å²) in [7, 11) is 0. The van der Waals surface area contributed by atoms with Gasteiger partial charge in [-0.25, -0.2) is 0 Å². The molecule has 1 aliphatic carbocycles. The lowest BCUT2D eigenvalue weighted by Gasteiger charge is -2.28. The zero-order valence-electron chi connectivity index (χ0n) is 23.5. The van der Waals surface area contributed by atoms with Crippen molar-refractivity contribution < 1.29 is 24.0 Å². The van der Waals surface area contributed by atoms with Crippen molar-refractivity contribution >= 4 is 50.7 Å². The summed E-state index contributed by atoms with van der Waals surface area (Å²) in [5.41, 5.74) is 0. The lowest BCUT2D eigenvalue weighted by atomic mass is 9.88. The summed E-state index contributed by atoms with van der Waals surface area (Å²) in [5, 5.41) is 9.48. The predicted molar refractivity (Wildman–Crippen MR) is 156 cm³/mol. The third kappa shape index (κ3) is 7.99. The lowest BCUT2D eigenvalue weighted by Crippen LogP contribution is -2.53. The monoisotopic (exact) mass is 567 g/mol. The van der Waals surface area contributed by atoms with E-state index >= 15 is 0 Å². The average Bonchev–Trinajstić information content (AvgIpc) is 3.38. The van der Waals surface area contributed by atoms with Gasteiger partial charge in [0.05, 0.1) is 10.9 Å². The van der Waals surface area contributed by atoms with Gasteiger partial charge in [-0.3, -0.25) is 24.0 Å². The average molecular weight is 568 g/mol. The van der Waals surface area contributed by atoms with E-state index in [-0.39, 0.29) is 36.5 Å². The van der Waals surface area contributed by atoms with E-state index in [1.165, 1.54) is 11.3 Å². The molecule has 3 amide bonds. The fourth-order valence-corrected chi connectivity index (χ4v) is 6.83. The number of carbonyl (C=O) groups is 5. The molecule has 0 spiro atoms. The van der Waals surface area contributed by atoms with Crippen molar-refractivity contribution in [2.45, 2.75) is 90.1 Å². The summed E-state index contributed by atoms with van der Waals surface area (Å²) in [6.45, 7) is 4.55. The van der Waals surface area contributed by atoms with E-state index in [4.69, 9.17) is 0 Å². The molecule has 2 heterocycles. The van der Waals surface area contributed by atoms with Crippen molar-refractivity contribution in [3.05, 3.63) is 35.2 Å². The topological polar surface area (TPSA) is 121 Å². The van der Waals surface area contributed by atoms with Crippen LogP contribution in [0.3, 0.4) is 0 Å². The van der Waals surface area contributed by atoms with Crippen molar-refractivity contribution in [1.29, 1.82) is 0 Å². The number of carbonyl (C=O) groups excluding carboxylic acids is 5. The summed E-state index contributed by atoms with van der Waals surface area (Å²) in [4.78, 5) is 66.4. The molecule has 1 aromatic carbocycles. The number of nitrogens with one attached hydrogen (secondary N) is 3. The molecule has 2 fully saturated rings. The molecule has 1 saturated heterocycles. The summed E-state index contributed by atoms with van der Waals surface area (Å²) in [6, 6.07) is 8.45. The highest BCUT2D eigenvalue weighted by atomic mass is 32.1. The SMILES string of the molecule is CC(C)C[C@H](CC(=O)c1cc2ccccc2s1)C(=O)N[C@@H](C[C@@H]1CCCNC1=O)C(=O)C(=O)NC1CCCCC1. The fraction of sp³-hybridized carbons (Fsp3) is 0.581. The van der Waals surface area contributed by atoms with Crippen LogP contribution in [0.4, 0.5) is 0 Å². The van der Waals surface area contributed by atoms with Crippen LogP contribution in [0.5, 0.6) is 0 Å². The summed E-state index contributed by atoms with van der Waals surface area (Å²) in [6.07, 6.45) is 6.69. The number of hydrogen-bond donors (Lipinski definition) is 3. The lowest BCUT2D eigenvalue weighted by molar-refractivity contribution is -0.142. The Kier molecular flexibility index (Phi) is 10.5. The van der Waals surface area contributed by atoms with Gasteiger partial charge >= 0.3 is 0 Å². The molecule has 0 radical (unpaired) electrons. The molecule has 8 nitrogen and oxygen atoms in total. The van der Waals surface area contributed by atoms with Gasteiger partial charge in [0.1, 0.15) is 0 Å². The first-order chi connectivity index (χ1) is 19.2. The van der Waals surface area contributed by atoms with Gasteiger partial charge in [0.25, 0.3) is 5.91 Å². The summed E-state index contributed by atoms with van der Waals surface area (Å²) < 4.78 is 1.01. The number of Topliss-reactive ketones (excluding diaryl/α,β-unsaturated/α-hetero) is 2. The van der Waals surface area contributed by atoms with Gasteiger partial charge in [0, 0.05) is 35.5 Å². The van der Waals surface area contributed by atoms with Crippen LogP contribution >= 0.6 is 11.3 Å². The van der Waals surface area contributed by atoms with Crippen LogP contribution in [-0.4, -0.2) is 47.9 Å². The molecule has 1 aliphatic heterocycles. The number of rotatable bonds is 12. The number of hydrogen-bond acceptors (Lipinski definition) is 6. The minimum atomic E-state index is -1.13. The normalized spacial score (nSPS) is 19.6. The summed E-state index contributed by atoms with van der Waals surface area (Å²) in [5.74, 6) is -3.13. The molecule has 1 saturated carbocycles. The third-order valence-electron chi connectivity index (χ3n) is 7.98. The van der Waals surface area contributed by atoms with Gasteiger partial charge in [0.15, 0.2) is 5.78 Å². The van der Waals surface area contributed by atoms with Gasteiger partial charge in [-0.05, 0) is 62.0 Å². The number of ketones is 2. The van der Waals surface area contributed by atoms with E-state index in [2.05, 4.69) is 16.0 Å². The molecule has 3 atom stereocenters. The number of fused-ring (bicyclic) bond motifs is 1. The first-order valence-corrected chi connectivity index (χ1v) is 15.5. The molecule has 3 N–H and O–H groups in total. The zero-order valence-corrected chi connectivity index (χ0v) is 24.3. The third-order valence-corrected chi connectivity index (χ3v) is 9.13. The van der Waals surface area contributed by atoms with Crippen LogP contribution < -0.4 is 16.0 Å². The Bertz CT molecular complexity index is 1200. The maximum atomic E-state index is 13.6. The van der Waals surface area contributed by atoms with Crippen LogP contribution in [0.25, 0.3) is 10.1 Å². The highest BCUT2D eigenvalue weighted by molar-refractivity contribution is 7.20. The van der Waals surface area contributed by atoms with E-state index in [0.717, 1.165) is 48.6 Å². The Labute approximate surface area is 240 Å². The maximum absolute atomic E-state index is 13.6. The molecule has 40 heavy (non-hydrogen) atoms. The second kappa shape index (κ2) is 14.0.